The van der Waals surface area contributed by atoms with E-state index in [0.717, 1.165) is 71.4 Å². The fraction of sp³-hybridized carbons (Fsp3) is 0.333. The normalized spacial score (nSPS) is 15.1. The van der Waals surface area contributed by atoms with E-state index in [1.54, 1.807) is 28.9 Å². The van der Waals surface area contributed by atoms with Gasteiger partial charge in [0.15, 0.2) is 10.6 Å². The van der Waals surface area contributed by atoms with Crippen molar-refractivity contribution in [2.45, 2.75) is 38.8 Å². The maximum atomic E-state index is 13.4. The Morgan fingerprint density at radius 2 is 1.95 bits per heavy atom. The molecule has 0 saturated carbocycles. The number of pyridine rings is 1. The molecule has 5 heterocycles. The summed E-state index contributed by atoms with van der Waals surface area (Å²) in [6.07, 6.45) is 6.23. The Bertz CT molecular complexity index is 1600. The van der Waals surface area contributed by atoms with Crippen LogP contribution in [0.1, 0.15) is 29.7 Å². The number of rotatable bonds is 7. The van der Waals surface area contributed by atoms with Crippen LogP contribution in [0.2, 0.25) is 0 Å². The number of imidazole rings is 1. The first-order chi connectivity index (χ1) is 18.0. The number of benzene rings is 1. The average Bonchev–Trinajstić information content (AvgIpc) is 3.51. The Morgan fingerprint density at radius 1 is 1.14 bits per heavy atom. The van der Waals surface area contributed by atoms with E-state index >= 15 is 0 Å². The van der Waals surface area contributed by atoms with E-state index < -0.39 is 0 Å². The van der Waals surface area contributed by atoms with Crippen molar-refractivity contribution in [3.63, 3.8) is 0 Å². The largest absolute Gasteiger partial charge is 0.353 e. The highest BCUT2D eigenvalue weighted by atomic mass is 32.1. The first-order valence-corrected chi connectivity index (χ1v) is 13.4. The fourth-order valence-corrected chi connectivity index (χ4v) is 5.80. The SMILES string of the molecule is Cc1nc2sccn2c(=O)c1CCN1CCC(Nc2nc3cccnc3n2Cc2ccc(F)cc2)CC1. The summed E-state index contributed by atoms with van der Waals surface area (Å²) in [6, 6.07) is 10.7. The van der Waals surface area contributed by atoms with Crippen molar-refractivity contribution in [2.24, 2.45) is 0 Å². The Balaban J connectivity index is 1.11. The molecule has 1 aromatic carbocycles. The molecule has 6 rings (SSSR count). The molecule has 1 N–H and O–H groups in total. The lowest BCUT2D eigenvalue weighted by Gasteiger charge is -2.32. The van der Waals surface area contributed by atoms with Gasteiger partial charge in [-0.15, -0.1) is 11.3 Å². The van der Waals surface area contributed by atoms with Crippen LogP contribution in [-0.4, -0.2) is 54.5 Å². The van der Waals surface area contributed by atoms with E-state index in [-0.39, 0.29) is 17.4 Å². The van der Waals surface area contributed by atoms with Crippen molar-refractivity contribution >= 4 is 33.4 Å². The molecule has 1 aliphatic rings. The van der Waals surface area contributed by atoms with Gasteiger partial charge in [-0.2, -0.15) is 0 Å². The smallest absolute Gasteiger partial charge is 0.261 e. The first-order valence-electron chi connectivity index (χ1n) is 12.5. The molecule has 0 spiro atoms. The number of fused-ring (bicyclic) bond motifs is 2. The second-order valence-electron chi connectivity index (χ2n) is 9.54. The number of aromatic nitrogens is 5. The lowest BCUT2D eigenvalue weighted by Crippen LogP contribution is -2.40. The number of thiazole rings is 1. The van der Waals surface area contributed by atoms with Crippen molar-refractivity contribution in [3.8, 4) is 0 Å². The standard InChI is InChI=1S/C27H28FN7OS/c1-18-22(25(36)34-15-16-37-27(34)30-18)10-14-33-12-8-21(9-13-33)31-26-32-23-3-2-11-29-24(23)35(26)17-19-4-6-20(28)7-5-19/h2-7,11,15-16,21H,8-10,12-14,17H2,1H3,(H,31,32). The molecule has 0 radical (unpaired) electrons. The number of nitrogens with zero attached hydrogens (tertiary/aromatic N) is 6. The summed E-state index contributed by atoms with van der Waals surface area (Å²) < 4.78 is 17.1. The second kappa shape index (κ2) is 10.0. The number of likely N-dealkylation sites (tertiary alicyclic amines) is 1. The number of halogens is 1. The maximum Gasteiger partial charge on any atom is 0.261 e. The first kappa shape index (κ1) is 23.7. The number of hydrogen-bond acceptors (Lipinski definition) is 7. The number of anilines is 1. The Morgan fingerprint density at radius 3 is 2.76 bits per heavy atom. The molecule has 0 amide bonds. The van der Waals surface area contributed by atoms with Gasteiger partial charge in [-0.3, -0.25) is 13.8 Å². The van der Waals surface area contributed by atoms with Gasteiger partial charge in [-0.1, -0.05) is 12.1 Å². The van der Waals surface area contributed by atoms with E-state index in [4.69, 9.17) is 4.98 Å². The van der Waals surface area contributed by atoms with Gasteiger partial charge in [-0.05, 0) is 56.0 Å². The van der Waals surface area contributed by atoms with Crippen LogP contribution in [0, 0.1) is 12.7 Å². The van der Waals surface area contributed by atoms with Gasteiger partial charge >= 0.3 is 0 Å². The molecule has 0 aliphatic carbocycles. The average molecular weight is 518 g/mol. The van der Waals surface area contributed by atoms with Gasteiger partial charge in [0.2, 0.25) is 5.95 Å². The molecule has 0 atom stereocenters. The summed E-state index contributed by atoms with van der Waals surface area (Å²) in [5.41, 5.74) is 4.32. The molecule has 1 aliphatic heterocycles. The maximum absolute atomic E-state index is 13.4. The number of piperidine rings is 1. The van der Waals surface area contributed by atoms with Crippen LogP contribution in [0.25, 0.3) is 16.1 Å². The van der Waals surface area contributed by atoms with E-state index in [9.17, 15) is 9.18 Å². The van der Waals surface area contributed by atoms with Crippen LogP contribution >= 0.6 is 11.3 Å². The topological polar surface area (TPSA) is 80.4 Å². The fourth-order valence-electron chi connectivity index (χ4n) is 5.05. The predicted octanol–water partition coefficient (Wildman–Crippen LogP) is 4.12. The summed E-state index contributed by atoms with van der Waals surface area (Å²) >= 11 is 1.48. The zero-order valence-corrected chi connectivity index (χ0v) is 21.4. The minimum absolute atomic E-state index is 0.0500. The molecule has 4 aromatic heterocycles. The third-order valence-corrected chi connectivity index (χ3v) is 7.88. The minimum Gasteiger partial charge on any atom is -0.353 e. The molecule has 8 nitrogen and oxygen atoms in total. The molecular formula is C27H28FN7OS. The van der Waals surface area contributed by atoms with E-state index in [1.165, 1.54) is 23.5 Å². The summed E-state index contributed by atoms with van der Waals surface area (Å²) in [5.74, 6) is 0.543. The summed E-state index contributed by atoms with van der Waals surface area (Å²) in [7, 11) is 0. The summed E-state index contributed by atoms with van der Waals surface area (Å²) in [6.45, 7) is 5.23. The van der Waals surface area contributed by atoms with Crippen molar-refractivity contribution in [3.05, 3.63) is 87.2 Å². The Labute approximate surface area is 217 Å². The second-order valence-corrected chi connectivity index (χ2v) is 10.4. The van der Waals surface area contributed by atoms with Crippen molar-refractivity contribution in [2.75, 3.05) is 25.0 Å². The number of hydrogen-bond donors (Lipinski definition) is 1. The Kier molecular flexibility index (Phi) is 6.43. The van der Waals surface area contributed by atoms with Crippen LogP contribution in [0.4, 0.5) is 10.3 Å². The van der Waals surface area contributed by atoms with E-state index in [1.807, 2.05) is 24.4 Å². The molecule has 5 aromatic rings. The summed E-state index contributed by atoms with van der Waals surface area (Å²) in [5, 5.41) is 5.55. The highest BCUT2D eigenvalue weighted by Gasteiger charge is 2.22. The molecule has 1 fully saturated rings. The molecule has 0 bridgehead atoms. The van der Waals surface area contributed by atoms with E-state index in [0.29, 0.717) is 13.0 Å². The lowest BCUT2D eigenvalue weighted by molar-refractivity contribution is 0.220. The van der Waals surface area contributed by atoms with Crippen LogP contribution < -0.4 is 10.9 Å². The third kappa shape index (κ3) is 4.86. The van der Waals surface area contributed by atoms with Crippen LogP contribution in [0.5, 0.6) is 0 Å². The molecular weight excluding hydrogens is 489 g/mol. The van der Waals surface area contributed by atoms with Crippen LogP contribution in [0.15, 0.2) is 59.0 Å². The van der Waals surface area contributed by atoms with Gasteiger partial charge in [-0.25, -0.2) is 19.3 Å². The highest BCUT2D eigenvalue weighted by molar-refractivity contribution is 7.15. The third-order valence-electron chi connectivity index (χ3n) is 7.12. The molecule has 1 saturated heterocycles. The van der Waals surface area contributed by atoms with Gasteiger partial charge in [0, 0.05) is 54.7 Å². The number of aryl methyl sites for hydroxylation is 1. The lowest BCUT2D eigenvalue weighted by atomic mass is 10.0. The Hall–Kier alpha value is -3.63. The van der Waals surface area contributed by atoms with Crippen molar-refractivity contribution in [1.29, 1.82) is 0 Å². The van der Waals surface area contributed by atoms with Crippen LogP contribution in [0.3, 0.4) is 0 Å². The van der Waals surface area contributed by atoms with Gasteiger partial charge < -0.3 is 10.2 Å². The van der Waals surface area contributed by atoms with Gasteiger partial charge in [0.05, 0.1) is 6.54 Å². The minimum atomic E-state index is -0.244. The number of nitrogens with one attached hydrogen (secondary N) is 1. The predicted molar refractivity (Wildman–Crippen MR) is 144 cm³/mol. The van der Waals surface area contributed by atoms with Crippen molar-refractivity contribution < 1.29 is 4.39 Å². The molecule has 0 unspecified atom stereocenters. The summed E-state index contributed by atoms with van der Waals surface area (Å²) in [4.78, 5) is 30.0. The zero-order chi connectivity index (χ0) is 25.4. The van der Waals surface area contributed by atoms with E-state index in [2.05, 4.69) is 24.8 Å². The van der Waals surface area contributed by atoms with Gasteiger partial charge in [0.1, 0.15) is 11.3 Å². The monoisotopic (exact) mass is 517 g/mol. The molecule has 10 heteroatoms. The van der Waals surface area contributed by atoms with Gasteiger partial charge in [0.25, 0.3) is 5.56 Å². The molecule has 37 heavy (non-hydrogen) atoms. The van der Waals surface area contributed by atoms with Crippen LogP contribution in [-0.2, 0) is 13.0 Å². The quantitative estimate of drug-likeness (QED) is 0.350. The molecule has 190 valence electrons. The van der Waals surface area contributed by atoms with Crippen molar-refractivity contribution in [1.82, 2.24) is 28.8 Å². The highest BCUT2D eigenvalue weighted by Crippen LogP contribution is 2.23. The zero-order valence-electron chi connectivity index (χ0n) is 20.6.